The van der Waals surface area contributed by atoms with Gasteiger partial charge in [-0.1, -0.05) is 17.7 Å². The van der Waals surface area contributed by atoms with Crippen LogP contribution in [0.4, 0.5) is 11.4 Å². The number of halogens is 1. The summed E-state index contributed by atoms with van der Waals surface area (Å²) in [5, 5.41) is 3.49. The van der Waals surface area contributed by atoms with Crippen molar-refractivity contribution in [2.24, 2.45) is 0 Å². The number of carbonyl (C=O) groups is 2. The van der Waals surface area contributed by atoms with Crippen molar-refractivity contribution in [3.8, 4) is 0 Å². The average molecular weight is 384 g/mol. The fraction of sp³-hybridized carbons (Fsp3) is 0.333. The molecule has 0 spiro atoms. The van der Waals surface area contributed by atoms with Crippen molar-refractivity contribution in [3.63, 3.8) is 0 Å². The van der Waals surface area contributed by atoms with Crippen LogP contribution in [0.1, 0.15) is 45.5 Å². The first kappa shape index (κ1) is 17.9. The second-order valence-electron chi connectivity index (χ2n) is 7.23. The summed E-state index contributed by atoms with van der Waals surface area (Å²) in [7, 11) is 2.00. The topological polar surface area (TPSA) is 52.7 Å². The summed E-state index contributed by atoms with van der Waals surface area (Å²) in [6, 6.07) is 10.7. The van der Waals surface area contributed by atoms with Gasteiger partial charge in [0.25, 0.3) is 11.8 Å². The molecule has 0 aromatic heterocycles. The molecule has 0 bridgehead atoms. The Kier molecular flexibility index (Phi) is 4.56. The Hall–Kier alpha value is -2.53. The third-order valence-electron chi connectivity index (χ3n) is 5.50. The number of fused-ring (bicyclic) bond motifs is 2. The van der Waals surface area contributed by atoms with Crippen LogP contribution in [0, 0.1) is 6.92 Å². The fourth-order valence-corrected chi connectivity index (χ4v) is 4.11. The smallest absolute Gasteiger partial charge is 0.257 e. The average Bonchev–Trinajstić information content (AvgIpc) is 2.68. The first-order valence-corrected chi connectivity index (χ1v) is 9.59. The Bertz CT molecular complexity index is 928. The van der Waals surface area contributed by atoms with Gasteiger partial charge < -0.3 is 15.1 Å². The van der Waals surface area contributed by atoms with Crippen LogP contribution in [0.15, 0.2) is 36.4 Å². The molecule has 6 heteroatoms. The van der Waals surface area contributed by atoms with E-state index >= 15 is 0 Å². The summed E-state index contributed by atoms with van der Waals surface area (Å²) >= 11 is 6.04. The van der Waals surface area contributed by atoms with Gasteiger partial charge in [-0.15, -0.1) is 0 Å². The normalized spacial score (nSPS) is 18.8. The highest BCUT2D eigenvalue weighted by Crippen LogP contribution is 2.35. The van der Waals surface area contributed by atoms with Crippen LogP contribution in [0.25, 0.3) is 0 Å². The lowest BCUT2D eigenvalue weighted by molar-refractivity contribution is 0.0589. The van der Waals surface area contributed by atoms with E-state index in [1.807, 2.05) is 31.0 Å². The summed E-state index contributed by atoms with van der Waals surface area (Å²) in [5.41, 5.74) is 3.63. The molecule has 0 unspecified atom stereocenters. The van der Waals surface area contributed by atoms with Gasteiger partial charge in [-0.05, 0) is 62.1 Å². The largest absolute Gasteiger partial charge is 0.354 e. The SMILES string of the molecule is Cc1ccc(Cl)cc1NC(=O)c1ccc2c(c1)N(C)[C@@H]1CCCCN1C2=O. The van der Waals surface area contributed by atoms with Crippen LogP contribution in [0.2, 0.25) is 5.02 Å². The highest BCUT2D eigenvalue weighted by molar-refractivity contribution is 6.31. The molecular weight excluding hydrogens is 362 g/mol. The van der Waals surface area contributed by atoms with Crippen LogP contribution in [0.5, 0.6) is 0 Å². The van der Waals surface area contributed by atoms with Crippen LogP contribution in [-0.4, -0.2) is 36.5 Å². The van der Waals surface area contributed by atoms with Crippen molar-refractivity contribution in [1.29, 1.82) is 0 Å². The van der Waals surface area contributed by atoms with Crippen molar-refractivity contribution < 1.29 is 9.59 Å². The van der Waals surface area contributed by atoms with Crippen molar-refractivity contribution in [3.05, 3.63) is 58.1 Å². The van der Waals surface area contributed by atoms with E-state index in [0.29, 0.717) is 21.8 Å². The molecule has 27 heavy (non-hydrogen) atoms. The number of anilines is 2. The molecule has 1 N–H and O–H groups in total. The van der Waals surface area contributed by atoms with Gasteiger partial charge in [0.2, 0.25) is 0 Å². The van der Waals surface area contributed by atoms with E-state index in [4.69, 9.17) is 11.6 Å². The van der Waals surface area contributed by atoms with E-state index < -0.39 is 0 Å². The van der Waals surface area contributed by atoms with Gasteiger partial charge in [0, 0.05) is 29.9 Å². The van der Waals surface area contributed by atoms with Crippen LogP contribution >= 0.6 is 11.6 Å². The lowest BCUT2D eigenvalue weighted by Crippen LogP contribution is -2.55. The lowest BCUT2D eigenvalue weighted by atomic mass is 9.97. The molecule has 0 aliphatic carbocycles. The first-order valence-electron chi connectivity index (χ1n) is 9.21. The lowest BCUT2D eigenvalue weighted by Gasteiger charge is -2.46. The van der Waals surface area contributed by atoms with Crippen molar-refractivity contribution >= 4 is 34.8 Å². The summed E-state index contributed by atoms with van der Waals surface area (Å²) < 4.78 is 0. The van der Waals surface area contributed by atoms with Crippen molar-refractivity contribution in [2.45, 2.75) is 32.4 Å². The minimum atomic E-state index is -0.213. The van der Waals surface area contributed by atoms with Gasteiger partial charge in [-0.25, -0.2) is 0 Å². The summed E-state index contributed by atoms with van der Waals surface area (Å²) in [4.78, 5) is 29.7. The number of benzene rings is 2. The van der Waals surface area contributed by atoms with E-state index in [-0.39, 0.29) is 18.0 Å². The molecule has 2 aromatic carbocycles. The second-order valence-corrected chi connectivity index (χ2v) is 7.67. The quantitative estimate of drug-likeness (QED) is 0.841. The maximum atomic E-state index is 12.8. The van der Waals surface area contributed by atoms with E-state index in [1.165, 1.54) is 0 Å². The van der Waals surface area contributed by atoms with Gasteiger partial charge in [0.1, 0.15) is 6.17 Å². The number of nitrogens with zero attached hydrogens (tertiary/aromatic N) is 2. The second kappa shape index (κ2) is 6.89. The zero-order chi connectivity index (χ0) is 19.1. The number of nitrogens with one attached hydrogen (secondary N) is 1. The number of hydrogen-bond donors (Lipinski definition) is 1. The van der Waals surface area contributed by atoms with E-state index in [0.717, 1.165) is 37.1 Å². The first-order chi connectivity index (χ1) is 13.0. The predicted octanol–water partition coefficient (Wildman–Crippen LogP) is 4.30. The highest BCUT2D eigenvalue weighted by Gasteiger charge is 2.37. The molecule has 5 nitrogen and oxygen atoms in total. The van der Waals surface area contributed by atoms with Crippen LogP contribution in [0.3, 0.4) is 0 Å². The Balaban J connectivity index is 1.64. The van der Waals surface area contributed by atoms with E-state index in [2.05, 4.69) is 10.2 Å². The van der Waals surface area contributed by atoms with Crippen LogP contribution in [-0.2, 0) is 0 Å². The van der Waals surface area contributed by atoms with Gasteiger partial charge in [0.15, 0.2) is 0 Å². The zero-order valence-corrected chi connectivity index (χ0v) is 16.2. The number of rotatable bonds is 2. The van der Waals surface area contributed by atoms with E-state index in [1.54, 1.807) is 24.3 Å². The Labute approximate surface area is 163 Å². The van der Waals surface area contributed by atoms with Gasteiger partial charge >= 0.3 is 0 Å². The summed E-state index contributed by atoms with van der Waals surface area (Å²) in [6.45, 7) is 2.71. The molecule has 4 rings (SSSR count). The minimum Gasteiger partial charge on any atom is -0.354 e. The minimum absolute atomic E-state index is 0.0606. The van der Waals surface area contributed by atoms with E-state index in [9.17, 15) is 9.59 Å². The maximum Gasteiger partial charge on any atom is 0.257 e. The van der Waals surface area contributed by atoms with Crippen molar-refractivity contribution in [1.82, 2.24) is 4.90 Å². The zero-order valence-electron chi connectivity index (χ0n) is 15.5. The van der Waals surface area contributed by atoms with Gasteiger partial charge in [-0.3, -0.25) is 9.59 Å². The monoisotopic (exact) mass is 383 g/mol. The number of hydrogen-bond acceptors (Lipinski definition) is 3. The Morgan fingerprint density at radius 2 is 2.00 bits per heavy atom. The van der Waals surface area contributed by atoms with Crippen molar-refractivity contribution in [2.75, 3.05) is 23.8 Å². The number of aryl methyl sites for hydroxylation is 1. The number of piperidine rings is 1. The molecule has 2 aliphatic rings. The molecule has 1 fully saturated rings. The molecule has 1 saturated heterocycles. The molecule has 2 amide bonds. The Morgan fingerprint density at radius 1 is 1.19 bits per heavy atom. The third kappa shape index (κ3) is 3.16. The predicted molar refractivity (Wildman–Crippen MR) is 108 cm³/mol. The number of carbonyl (C=O) groups excluding carboxylic acids is 2. The molecule has 2 heterocycles. The molecule has 0 saturated carbocycles. The van der Waals surface area contributed by atoms with Crippen LogP contribution < -0.4 is 10.2 Å². The fourth-order valence-electron chi connectivity index (χ4n) is 3.94. The standard InChI is InChI=1S/C21H22ClN3O2/c1-13-6-8-15(22)12-17(13)23-20(26)14-7-9-16-18(11-14)24(2)19-5-3-4-10-25(19)21(16)27/h6-9,11-12,19H,3-5,10H2,1-2H3,(H,23,26)/t19-/m0/s1. The van der Waals surface area contributed by atoms with Gasteiger partial charge in [0.05, 0.1) is 11.3 Å². The maximum absolute atomic E-state index is 12.8. The highest BCUT2D eigenvalue weighted by atomic mass is 35.5. The number of amides is 2. The molecule has 1 atom stereocenters. The molecule has 2 aliphatic heterocycles. The Morgan fingerprint density at radius 3 is 2.81 bits per heavy atom. The molecular formula is C21H22ClN3O2. The third-order valence-corrected chi connectivity index (χ3v) is 5.73. The molecule has 140 valence electrons. The summed E-state index contributed by atoms with van der Waals surface area (Å²) in [6.07, 6.45) is 3.19. The summed E-state index contributed by atoms with van der Waals surface area (Å²) in [5.74, 6) is -0.152. The molecule has 2 aromatic rings. The van der Waals surface area contributed by atoms with Gasteiger partial charge in [-0.2, -0.15) is 0 Å². The molecule has 0 radical (unpaired) electrons.